The molecule has 1 aromatic carbocycles. The van der Waals surface area contributed by atoms with E-state index in [1.165, 1.54) is 7.11 Å². The number of benzene rings is 1. The molecule has 0 saturated carbocycles. The topological polar surface area (TPSA) is 153 Å². The number of rotatable bonds is 4. The number of aryl methyl sites for hydroxylation is 1. The summed E-state index contributed by atoms with van der Waals surface area (Å²) in [7, 11) is 1.19. The lowest BCUT2D eigenvalue weighted by Crippen LogP contribution is -2.14. The summed E-state index contributed by atoms with van der Waals surface area (Å²) in [5, 5.41) is 37.2. The maximum absolute atomic E-state index is 11.9. The normalized spacial score (nSPS) is 10.7. The number of ether oxygens (including phenoxy) is 1. The molecule has 0 bridgehead atoms. The zero-order valence-corrected chi connectivity index (χ0v) is 10.9. The Hall–Kier alpha value is -2.97. The molecule has 0 atom stereocenters. The Morgan fingerprint density at radius 1 is 1.24 bits per heavy atom. The molecule has 0 aliphatic carbocycles. The van der Waals surface area contributed by atoms with E-state index in [1.54, 1.807) is 0 Å². The van der Waals surface area contributed by atoms with Gasteiger partial charge in [0.25, 0.3) is 5.56 Å². The number of aliphatic carboxylic acids is 1. The minimum atomic E-state index is -1.07. The molecule has 21 heavy (non-hydrogen) atoms. The maximum atomic E-state index is 11.9. The fraction of sp³-hybridized carbons (Fsp3) is 0.250. The first-order valence-electron chi connectivity index (χ1n) is 5.82. The Morgan fingerprint density at radius 3 is 2.48 bits per heavy atom. The van der Waals surface area contributed by atoms with E-state index in [4.69, 9.17) is 9.84 Å². The van der Waals surface area contributed by atoms with E-state index in [0.717, 1.165) is 0 Å². The van der Waals surface area contributed by atoms with Crippen molar-refractivity contribution in [3.8, 4) is 23.0 Å². The number of phenols is 3. The molecule has 0 spiro atoms. The van der Waals surface area contributed by atoms with Crippen molar-refractivity contribution in [3.63, 3.8) is 0 Å². The van der Waals surface area contributed by atoms with Gasteiger partial charge in [-0.1, -0.05) is 0 Å². The monoisotopic (exact) mass is 296 g/mol. The predicted molar refractivity (Wildman–Crippen MR) is 69.9 cm³/mol. The van der Waals surface area contributed by atoms with Gasteiger partial charge in [-0.15, -0.1) is 0 Å². The summed E-state index contributed by atoms with van der Waals surface area (Å²) in [5.41, 5.74) is -0.957. The van der Waals surface area contributed by atoms with Gasteiger partial charge in [0.1, 0.15) is 16.7 Å². The molecule has 0 radical (unpaired) electrons. The van der Waals surface area contributed by atoms with Crippen LogP contribution in [0.1, 0.15) is 12.2 Å². The zero-order valence-electron chi connectivity index (χ0n) is 10.9. The number of aromatic hydroxyl groups is 3. The van der Waals surface area contributed by atoms with Crippen LogP contribution in [0.3, 0.4) is 0 Å². The van der Waals surface area contributed by atoms with Crippen molar-refractivity contribution in [2.75, 3.05) is 7.11 Å². The quantitative estimate of drug-likeness (QED) is 0.496. The number of nitrogens with one attached hydrogen (secondary N) is 1. The van der Waals surface area contributed by atoms with Crippen LogP contribution in [0.4, 0.5) is 0 Å². The van der Waals surface area contributed by atoms with E-state index in [1.807, 2.05) is 0 Å². The molecule has 0 saturated heterocycles. The van der Waals surface area contributed by atoms with E-state index in [9.17, 15) is 24.9 Å². The minimum Gasteiger partial charge on any atom is -0.504 e. The van der Waals surface area contributed by atoms with Gasteiger partial charge in [-0.3, -0.25) is 9.59 Å². The molecule has 2 aromatic rings. The van der Waals surface area contributed by atoms with E-state index in [-0.39, 0.29) is 35.3 Å². The van der Waals surface area contributed by atoms with Crippen LogP contribution in [0.5, 0.6) is 23.0 Å². The molecule has 5 N–H and O–H groups in total. The number of aromatic amines is 1. The average Bonchev–Trinajstić information content (AvgIpc) is 2.42. The van der Waals surface area contributed by atoms with Gasteiger partial charge in [-0.2, -0.15) is 0 Å². The number of aromatic nitrogens is 2. The number of carboxylic acid groups (broad SMARTS) is 1. The summed E-state index contributed by atoms with van der Waals surface area (Å²) in [6.07, 6.45) is -0.307. The Morgan fingerprint density at radius 2 is 1.90 bits per heavy atom. The molecule has 0 aliphatic heterocycles. The molecular weight excluding hydrogens is 284 g/mol. The van der Waals surface area contributed by atoms with Gasteiger partial charge < -0.3 is 30.1 Å². The number of hydrogen-bond donors (Lipinski definition) is 5. The van der Waals surface area contributed by atoms with E-state index in [0.29, 0.717) is 0 Å². The SMILES string of the molecule is COc1c(O)c(O)c(O)c2c(=O)[nH]c(CCC(=O)O)nc12. The van der Waals surface area contributed by atoms with E-state index < -0.39 is 28.8 Å². The molecule has 112 valence electrons. The second-order valence-electron chi connectivity index (χ2n) is 4.21. The number of fused-ring (bicyclic) bond motifs is 1. The minimum absolute atomic E-state index is 0.0495. The van der Waals surface area contributed by atoms with Crippen molar-refractivity contribution in [1.82, 2.24) is 9.97 Å². The molecular formula is C12H12N2O7. The Labute approximate surface area is 117 Å². The van der Waals surface area contributed by atoms with Crippen molar-refractivity contribution in [1.29, 1.82) is 0 Å². The molecule has 0 fully saturated rings. The van der Waals surface area contributed by atoms with Crippen LogP contribution in [0.25, 0.3) is 10.9 Å². The van der Waals surface area contributed by atoms with Crippen LogP contribution in [0, 0.1) is 0 Å². The van der Waals surface area contributed by atoms with Gasteiger partial charge in [-0.05, 0) is 0 Å². The highest BCUT2D eigenvalue weighted by Gasteiger charge is 2.23. The van der Waals surface area contributed by atoms with Gasteiger partial charge in [0.2, 0.25) is 11.5 Å². The number of hydrogen-bond acceptors (Lipinski definition) is 7. The second-order valence-corrected chi connectivity index (χ2v) is 4.21. The second kappa shape index (κ2) is 5.19. The standard InChI is InChI=1S/C12H12N2O7/c1-21-11-7-6(8(17)9(18)10(11)19)12(20)14-4(13-7)2-3-5(15)16/h17-19H,2-3H2,1H3,(H,15,16)(H,13,14,20). The van der Waals surface area contributed by atoms with Crippen LogP contribution in [0.2, 0.25) is 0 Å². The molecule has 0 unspecified atom stereocenters. The van der Waals surface area contributed by atoms with Crippen LogP contribution in [-0.4, -0.2) is 43.5 Å². The van der Waals surface area contributed by atoms with Gasteiger partial charge >= 0.3 is 5.97 Å². The predicted octanol–water partition coefficient (Wildman–Crippen LogP) is 0.0657. The maximum Gasteiger partial charge on any atom is 0.303 e. The summed E-state index contributed by atoms with van der Waals surface area (Å²) < 4.78 is 4.88. The fourth-order valence-corrected chi connectivity index (χ4v) is 1.89. The van der Waals surface area contributed by atoms with E-state index in [2.05, 4.69) is 9.97 Å². The van der Waals surface area contributed by atoms with Crippen LogP contribution < -0.4 is 10.3 Å². The van der Waals surface area contributed by atoms with Crippen molar-refractivity contribution in [2.45, 2.75) is 12.8 Å². The summed E-state index contributed by atoms with van der Waals surface area (Å²) in [6, 6.07) is 0. The first-order valence-corrected chi connectivity index (χ1v) is 5.82. The molecule has 0 aliphatic rings. The smallest absolute Gasteiger partial charge is 0.303 e. The molecule has 2 rings (SSSR count). The Bertz CT molecular complexity index is 781. The number of carbonyl (C=O) groups is 1. The Balaban J connectivity index is 2.75. The lowest BCUT2D eigenvalue weighted by atomic mass is 10.1. The summed E-state index contributed by atoms with van der Waals surface area (Å²) in [4.78, 5) is 28.8. The summed E-state index contributed by atoms with van der Waals surface area (Å²) in [5.74, 6) is -3.79. The largest absolute Gasteiger partial charge is 0.504 e. The number of carboxylic acids is 1. The first-order chi connectivity index (χ1) is 9.86. The van der Waals surface area contributed by atoms with Crippen molar-refractivity contribution < 1.29 is 30.0 Å². The number of methoxy groups -OCH3 is 1. The zero-order chi connectivity index (χ0) is 15.7. The van der Waals surface area contributed by atoms with Crippen molar-refractivity contribution in [2.24, 2.45) is 0 Å². The average molecular weight is 296 g/mol. The molecule has 1 heterocycles. The van der Waals surface area contributed by atoms with E-state index >= 15 is 0 Å². The van der Waals surface area contributed by atoms with Gasteiger partial charge in [0.15, 0.2) is 11.5 Å². The Kier molecular flexibility index (Phi) is 3.57. The highest BCUT2D eigenvalue weighted by molar-refractivity contribution is 5.94. The number of H-pyrrole nitrogens is 1. The molecule has 9 heteroatoms. The first kappa shape index (κ1) is 14.4. The van der Waals surface area contributed by atoms with Gasteiger partial charge in [0, 0.05) is 6.42 Å². The third kappa shape index (κ3) is 2.40. The summed E-state index contributed by atoms with van der Waals surface area (Å²) in [6.45, 7) is 0. The third-order valence-corrected chi connectivity index (χ3v) is 2.86. The van der Waals surface area contributed by atoms with Gasteiger partial charge in [-0.25, -0.2) is 4.98 Å². The number of phenolic OH excluding ortho intramolecular Hbond substituents is 3. The number of nitrogens with zero attached hydrogens (tertiary/aromatic N) is 1. The highest BCUT2D eigenvalue weighted by atomic mass is 16.5. The lowest BCUT2D eigenvalue weighted by Gasteiger charge is -2.11. The highest BCUT2D eigenvalue weighted by Crippen LogP contribution is 2.47. The third-order valence-electron chi connectivity index (χ3n) is 2.86. The molecule has 0 amide bonds. The summed E-state index contributed by atoms with van der Waals surface area (Å²) >= 11 is 0. The fourth-order valence-electron chi connectivity index (χ4n) is 1.89. The van der Waals surface area contributed by atoms with Gasteiger partial charge in [0.05, 0.1) is 13.5 Å². The van der Waals surface area contributed by atoms with Crippen molar-refractivity contribution in [3.05, 3.63) is 16.2 Å². The van der Waals surface area contributed by atoms with Crippen LogP contribution in [0.15, 0.2) is 4.79 Å². The molecule has 1 aromatic heterocycles. The lowest BCUT2D eigenvalue weighted by molar-refractivity contribution is -0.137. The van der Waals surface area contributed by atoms with Crippen molar-refractivity contribution >= 4 is 16.9 Å². The molecule has 9 nitrogen and oxygen atoms in total. The van der Waals surface area contributed by atoms with Crippen LogP contribution in [-0.2, 0) is 11.2 Å². The van der Waals surface area contributed by atoms with Crippen LogP contribution >= 0.6 is 0 Å².